The van der Waals surface area contributed by atoms with Gasteiger partial charge in [0, 0.05) is 6.20 Å². The predicted molar refractivity (Wildman–Crippen MR) is 66.0 cm³/mol. The van der Waals surface area contributed by atoms with Crippen LogP contribution in [0.15, 0.2) is 27.7 Å². The van der Waals surface area contributed by atoms with Crippen molar-refractivity contribution in [2.75, 3.05) is 5.32 Å². The molecule has 2 aromatic heterocycles. The van der Waals surface area contributed by atoms with Crippen LogP contribution in [0.1, 0.15) is 16.2 Å². The topological polar surface area (TPSA) is 90.6 Å². The smallest absolute Gasteiger partial charge is 0.319 e. The van der Waals surface area contributed by atoms with Crippen LogP contribution in [-0.2, 0) is 0 Å². The van der Waals surface area contributed by atoms with Crippen molar-refractivity contribution < 1.29 is 4.79 Å². The van der Waals surface area contributed by atoms with Crippen molar-refractivity contribution in [3.8, 4) is 0 Å². The highest BCUT2D eigenvalue weighted by Crippen LogP contribution is 2.16. The Morgan fingerprint density at radius 2 is 2.24 bits per heavy atom. The van der Waals surface area contributed by atoms with Gasteiger partial charge in [-0.25, -0.2) is 9.78 Å². The molecule has 0 fully saturated rings. The number of aryl methyl sites for hydroxylation is 1. The van der Waals surface area contributed by atoms with Crippen LogP contribution in [-0.4, -0.2) is 20.9 Å². The van der Waals surface area contributed by atoms with Crippen LogP contribution in [0.5, 0.6) is 0 Å². The quantitative estimate of drug-likeness (QED) is 0.732. The van der Waals surface area contributed by atoms with E-state index in [-0.39, 0.29) is 5.69 Å². The number of H-pyrrole nitrogens is 2. The number of pyridine rings is 1. The van der Waals surface area contributed by atoms with E-state index >= 15 is 0 Å². The fraction of sp³-hybridized carbons (Fsp3) is 0.100. The zero-order valence-corrected chi connectivity index (χ0v) is 10.5. The van der Waals surface area contributed by atoms with Crippen LogP contribution in [0.3, 0.4) is 0 Å². The third kappa shape index (κ3) is 2.62. The fourth-order valence-electron chi connectivity index (χ4n) is 1.31. The van der Waals surface area contributed by atoms with E-state index in [0.29, 0.717) is 16.0 Å². The standard InChI is InChI=1S/C10H9BrN4O2/c1-5-6(2-3-8(11)13-5)14-9(16)7-4-12-10(17)15-7/h2-4H,1H3,(H,14,16)(H2,12,15,17). The molecule has 0 atom stereocenters. The first-order valence-corrected chi connectivity index (χ1v) is 5.58. The van der Waals surface area contributed by atoms with Gasteiger partial charge in [-0.15, -0.1) is 0 Å². The van der Waals surface area contributed by atoms with Crippen molar-refractivity contribution in [1.29, 1.82) is 0 Å². The van der Waals surface area contributed by atoms with Crippen LogP contribution >= 0.6 is 15.9 Å². The summed E-state index contributed by atoms with van der Waals surface area (Å²) in [7, 11) is 0. The third-order valence-electron chi connectivity index (χ3n) is 2.14. The van der Waals surface area contributed by atoms with Crippen LogP contribution in [0.25, 0.3) is 0 Å². The number of imidazole rings is 1. The molecule has 7 heteroatoms. The number of rotatable bonds is 2. The highest BCUT2D eigenvalue weighted by molar-refractivity contribution is 9.10. The minimum absolute atomic E-state index is 0.178. The second-order valence-corrected chi connectivity index (χ2v) is 4.19. The molecule has 6 nitrogen and oxygen atoms in total. The molecule has 0 unspecified atom stereocenters. The summed E-state index contributed by atoms with van der Waals surface area (Å²) in [5, 5.41) is 2.65. The second kappa shape index (κ2) is 4.54. The molecule has 0 spiro atoms. The average molecular weight is 297 g/mol. The molecule has 1 amide bonds. The van der Waals surface area contributed by atoms with Gasteiger partial charge in [-0.05, 0) is 35.0 Å². The van der Waals surface area contributed by atoms with Crippen LogP contribution in [0, 0.1) is 6.92 Å². The molecule has 2 heterocycles. The number of hydrogen-bond donors (Lipinski definition) is 3. The summed E-state index contributed by atoms with van der Waals surface area (Å²) in [6.45, 7) is 1.78. The summed E-state index contributed by atoms with van der Waals surface area (Å²) in [6, 6.07) is 3.46. The van der Waals surface area contributed by atoms with Crippen molar-refractivity contribution in [2.45, 2.75) is 6.92 Å². The Hall–Kier alpha value is -1.89. The Balaban J connectivity index is 2.21. The summed E-state index contributed by atoms with van der Waals surface area (Å²) in [4.78, 5) is 31.5. The molecule has 0 saturated heterocycles. The number of carbonyl (C=O) groups excluding carboxylic acids is 1. The lowest BCUT2D eigenvalue weighted by molar-refractivity contribution is 0.102. The average Bonchev–Trinajstić information content (AvgIpc) is 2.69. The summed E-state index contributed by atoms with van der Waals surface area (Å²) in [5.41, 5.74) is 1.05. The summed E-state index contributed by atoms with van der Waals surface area (Å²) in [5.74, 6) is -0.393. The van der Waals surface area contributed by atoms with Gasteiger partial charge in [0.1, 0.15) is 10.3 Å². The second-order valence-electron chi connectivity index (χ2n) is 3.38. The monoisotopic (exact) mass is 296 g/mol. The molecular formula is C10H9BrN4O2. The normalized spacial score (nSPS) is 10.2. The third-order valence-corrected chi connectivity index (χ3v) is 2.58. The fourth-order valence-corrected chi connectivity index (χ4v) is 1.70. The molecule has 2 rings (SSSR count). The van der Waals surface area contributed by atoms with Gasteiger partial charge >= 0.3 is 5.69 Å². The molecule has 0 aliphatic heterocycles. The van der Waals surface area contributed by atoms with E-state index in [1.54, 1.807) is 19.1 Å². The van der Waals surface area contributed by atoms with Crippen molar-refractivity contribution >= 4 is 27.5 Å². The zero-order chi connectivity index (χ0) is 12.4. The van der Waals surface area contributed by atoms with Gasteiger partial charge in [0.15, 0.2) is 0 Å². The van der Waals surface area contributed by atoms with Crippen molar-refractivity contribution in [3.05, 3.63) is 44.8 Å². The van der Waals surface area contributed by atoms with Gasteiger partial charge in [-0.1, -0.05) is 0 Å². The van der Waals surface area contributed by atoms with E-state index in [1.165, 1.54) is 6.20 Å². The van der Waals surface area contributed by atoms with Gasteiger partial charge in [-0.2, -0.15) is 0 Å². The highest BCUT2D eigenvalue weighted by Gasteiger charge is 2.10. The molecule has 0 aliphatic carbocycles. The van der Waals surface area contributed by atoms with E-state index in [1.807, 2.05) is 0 Å². The first-order chi connectivity index (χ1) is 8.06. The van der Waals surface area contributed by atoms with Crippen molar-refractivity contribution in [2.24, 2.45) is 0 Å². The summed E-state index contributed by atoms with van der Waals surface area (Å²) < 4.78 is 0.697. The Kier molecular flexibility index (Phi) is 3.10. The Labute approximate surface area is 105 Å². The molecule has 88 valence electrons. The number of carbonyl (C=O) groups is 1. The minimum Gasteiger partial charge on any atom is -0.319 e. The van der Waals surface area contributed by atoms with Crippen molar-refractivity contribution in [3.63, 3.8) is 0 Å². The lowest BCUT2D eigenvalue weighted by Crippen LogP contribution is -2.15. The maximum Gasteiger partial charge on any atom is 0.323 e. The molecule has 2 aromatic rings. The van der Waals surface area contributed by atoms with E-state index in [4.69, 9.17) is 0 Å². The van der Waals surface area contributed by atoms with E-state index in [2.05, 4.69) is 36.2 Å². The van der Waals surface area contributed by atoms with E-state index in [0.717, 1.165) is 0 Å². The number of anilines is 1. The molecule has 0 bridgehead atoms. The Morgan fingerprint density at radius 3 is 2.82 bits per heavy atom. The Bertz CT molecular complexity index is 617. The van der Waals surface area contributed by atoms with Gasteiger partial charge < -0.3 is 15.3 Å². The lowest BCUT2D eigenvalue weighted by Gasteiger charge is -2.06. The first kappa shape index (κ1) is 11.6. The predicted octanol–water partition coefficient (Wildman–Crippen LogP) is 1.42. The van der Waals surface area contributed by atoms with Crippen LogP contribution in [0.2, 0.25) is 0 Å². The lowest BCUT2D eigenvalue weighted by atomic mass is 10.3. The first-order valence-electron chi connectivity index (χ1n) is 4.78. The molecule has 0 aromatic carbocycles. The summed E-state index contributed by atoms with van der Waals surface area (Å²) in [6.07, 6.45) is 1.32. The number of nitrogens with zero attached hydrogens (tertiary/aromatic N) is 1. The number of aromatic nitrogens is 3. The summed E-state index contributed by atoms with van der Waals surface area (Å²) >= 11 is 3.23. The van der Waals surface area contributed by atoms with Crippen LogP contribution in [0.4, 0.5) is 5.69 Å². The van der Waals surface area contributed by atoms with Gasteiger partial charge in [0.2, 0.25) is 0 Å². The van der Waals surface area contributed by atoms with Crippen LogP contribution < -0.4 is 11.0 Å². The number of halogens is 1. The molecule has 0 aliphatic rings. The number of aromatic amines is 2. The molecule has 17 heavy (non-hydrogen) atoms. The maximum absolute atomic E-state index is 11.7. The van der Waals surface area contributed by atoms with Crippen molar-refractivity contribution in [1.82, 2.24) is 15.0 Å². The highest BCUT2D eigenvalue weighted by atomic mass is 79.9. The number of hydrogen-bond acceptors (Lipinski definition) is 3. The number of nitrogens with one attached hydrogen (secondary N) is 3. The van der Waals surface area contributed by atoms with E-state index < -0.39 is 11.6 Å². The van der Waals surface area contributed by atoms with Gasteiger partial charge in [0.25, 0.3) is 5.91 Å². The molecule has 0 saturated carbocycles. The van der Waals surface area contributed by atoms with Gasteiger partial charge in [-0.3, -0.25) is 4.79 Å². The Morgan fingerprint density at radius 1 is 1.47 bits per heavy atom. The SMILES string of the molecule is Cc1nc(Br)ccc1NC(=O)c1c[nH]c(=O)[nH]1. The maximum atomic E-state index is 11.7. The molecule has 0 radical (unpaired) electrons. The largest absolute Gasteiger partial charge is 0.323 e. The molecule has 3 N–H and O–H groups in total. The zero-order valence-electron chi connectivity index (χ0n) is 8.87. The number of amides is 1. The molecular weight excluding hydrogens is 288 g/mol. The van der Waals surface area contributed by atoms with E-state index in [9.17, 15) is 9.59 Å². The minimum atomic E-state index is -0.416. The van der Waals surface area contributed by atoms with Gasteiger partial charge in [0.05, 0.1) is 11.4 Å².